The number of nitrogens with one attached hydrogen (secondary N) is 1. The molecule has 5 rings (SSSR count). The molecule has 2 aliphatic carbocycles. The van der Waals surface area contributed by atoms with Gasteiger partial charge >= 0.3 is 0 Å². The quantitative estimate of drug-likeness (QED) is 0.792. The Balaban J connectivity index is 1.83. The van der Waals surface area contributed by atoms with Gasteiger partial charge in [0.1, 0.15) is 6.23 Å². The van der Waals surface area contributed by atoms with Gasteiger partial charge in [-0.25, -0.2) is 0 Å². The largest absolute Gasteiger partial charge is 0.374 e. The van der Waals surface area contributed by atoms with Crippen LogP contribution in [0.3, 0.4) is 0 Å². The molecule has 0 saturated carbocycles. The minimum atomic E-state index is -0.560. The summed E-state index contributed by atoms with van der Waals surface area (Å²) in [6.45, 7) is 4.12. The maximum atomic E-state index is 10.6. The summed E-state index contributed by atoms with van der Waals surface area (Å²) < 4.78 is 0. The zero-order valence-electron chi connectivity index (χ0n) is 15.2. The van der Waals surface area contributed by atoms with Crippen LogP contribution < -0.4 is 4.90 Å². The van der Waals surface area contributed by atoms with Gasteiger partial charge < -0.3 is 15.0 Å². The molecular formula is C23H24N2O. The number of rotatable bonds is 1. The third-order valence-electron chi connectivity index (χ3n) is 5.89. The molecule has 3 nitrogen and oxygen atoms in total. The van der Waals surface area contributed by atoms with Crippen LogP contribution >= 0.6 is 0 Å². The van der Waals surface area contributed by atoms with Gasteiger partial charge in [-0.2, -0.15) is 0 Å². The number of aromatic amines is 1. The number of allylic oxidation sites excluding steroid dienone is 3. The normalized spacial score (nSPS) is 26.6. The van der Waals surface area contributed by atoms with Crippen molar-refractivity contribution >= 4 is 11.8 Å². The van der Waals surface area contributed by atoms with Crippen molar-refractivity contribution in [1.29, 1.82) is 0 Å². The summed E-state index contributed by atoms with van der Waals surface area (Å²) in [6, 6.07) is 8.54. The monoisotopic (exact) mass is 344 g/mol. The fraction of sp³-hybridized carbons (Fsp3) is 0.304. The van der Waals surface area contributed by atoms with Crippen LogP contribution in [0.4, 0.5) is 5.69 Å². The second kappa shape index (κ2) is 5.75. The van der Waals surface area contributed by atoms with Crippen molar-refractivity contribution in [3.8, 4) is 11.3 Å². The van der Waals surface area contributed by atoms with E-state index in [1.54, 1.807) is 0 Å². The highest BCUT2D eigenvalue weighted by atomic mass is 16.3. The lowest BCUT2D eigenvalue weighted by molar-refractivity contribution is 0.180. The highest BCUT2D eigenvalue weighted by Gasteiger charge is 2.38. The van der Waals surface area contributed by atoms with Gasteiger partial charge in [0.15, 0.2) is 0 Å². The first kappa shape index (κ1) is 15.7. The molecule has 1 aliphatic heterocycles. The molecule has 0 fully saturated rings. The molecule has 0 bridgehead atoms. The molecule has 0 spiro atoms. The number of para-hydroxylation sites is 1. The van der Waals surface area contributed by atoms with Gasteiger partial charge in [0.2, 0.25) is 0 Å². The van der Waals surface area contributed by atoms with Crippen molar-refractivity contribution < 1.29 is 5.11 Å². The van der Waals surface area contributed by atoms with E-state index in [2.05, 4.69) is 77.5 Å². The molecule has 4 atom stereocenters. The maximum Gasteiger partial charge on any atom is 0.124 e. The van der Waals surface area contributed by atoms with E-state index in [9.17, 15) is 5.11 Å². The van der Waals surface area contributed by atoms with Crippen LogP contribution in [0.15, 0.2) is 54.6 Å². The van der Waals surface area contributed by atoms with Crippen molar-refractivity contribution in [2.45, 2.75) is 38.5 Å². The summed E-state index contributed by atoms with van der Waals surface area (Å²) in [6.07, 6.45) is 13.8. The zero-order chi connectivity index (χ0) is 17.8. The highest BCUT2D eigenvalue weighted by Crippen LogP contribution is 2.48. The predicted molar refractivity (Wildman–Crippen MR) is 107 cm³/mol. The average molecular weight is 344 g/mol. The lowest BCUT2D eigenvalue weighted by Crippen LogP contribution is -2.44. The average Bonchev–Trinajstić information content (AvgIpc) is 2.95. The Labute approximate surface area is 154 Å². The smallest absolute Gasteiger partial charge is 0.124 e. The number of aliphatic hydroxyl groups is 1. The molecule has 3 aliphatic rings. The Bertz CT molecular complexity index is 947. The molecule has 2 heterocycles. The van der Waals surface area contributed by atoms with E-state index in [1.165, 1.54) is 28.1 Å². The number of benzene rings is 1. The molecule has 2 N–H and O–H groups in total. The molecule has 2 aromatic rings. The molecule has 3 unspecified atom stereocenters. The van der Waals surface area contributed by atoms with Crippen LogP contribution in [-0.2, 0) is 6.42 Å². The van der Waals surface area contributed by atoms with E-state index < -0.39 is 6.23 Å². The number of nitrogens with zero attached hydrogens (tertiary/aromatic N) is 1. The van der Waals surface area contributed by atoms with Gasteiger partial charge in [0.05, 0.1) is 11.7 Å². The third kappa shape index (κ3) is 2.17. The van der Waals surface area contributed by atoms with Gasteiger partial charge in [-0.1, -0.05) is 61.6 Å². The van der Waals surface area contributed by atoms with Crippen LogP contribution in [0.1, 0.15) is 36.6 Å². The summed E-state index contributed by atoms with van der Waals surface area (Å²) in [5.74, 6) is 0.779. The van der Waals surface area contributed by atoms with Crippen LogP contribution in [0.2, 0.25) is 0 Å². The number of hydrogen-bond donors (Lipinski definition) is 2. The summed E-state index contributed by atoms with van der Waals surface area (Å²) in [4.78, 5) is 5.90. The minimum Gasteiger partial charge on any atom is -0.374 e. The van der Waals surface area contributed by atoms with E-state index >= 15 is 0 Å². The molecular weight excluding hydrogens is 320 g/mol. The van der Waals surface area contributed by atoms with Gasteiger partial charge in [-0.05, 0) is 36.5 Å². The van der Waals surface area contributed by atoms with Gasteiger partial charge in [0, 0.05) is 22.9 Å². The molecule has 3 heteroatoms. The number of aromatic nitrogens is 1. The molecule has 0 saturated heterocycles. The second-order valence-corrected chi connectivity index (χ2v) is 7.69. The van der Waals surface area contributed by atoms with Crippen molar-refractivity contribution in [2.75, 3.05) is 4.90 Å². The summed E-state index contributed by atoms with van der Waals surface area (Å²) in [5.41, 5.74) is 7.52. The Hall–Kier alpha value is -2.52. The zero-order valence-corrected chi connectivity index (χ0v) is 15.2. The Morgan fingerprint density at radius 1 is 1.15 bits per heavy atom. The highest BCUT2D eigenvalue weighted by molar-refractivity contribution is 5.85. The first-order chi connectivity index (χ1) is 12.6. The van der Waals surface area contributed by atoms with E-state index in [4.69, 9.17) is 0 Å². The van der Waals surface area contributed by atoms with E-state index in [-0.39, 0.29) is 12.0 Å². The first-order valence-electron chi connectivity index (χ1n) is 9.49. The minimum absolute atomic E-state index is 0.107. The number of hydrogen-bond acceptors (Lipinski definition) is 2. The topological polar surface area (TPSA) is 39.3 Å². The third-order valence-corrected chi connectivity index (χ3v) is 5.89. The Morgan fingerprint density at radius 3 is 2.81 bits per heavy atom. The molecule has 1 aromatic heterocycles. The summed E-state index contributed by atoms with van der Waals surface area (Å²) in [7, 11) is 0. The molecule has 132 valence electrons. The second-order valence-electron chi connectivity index (χ2n) is 7.69. The molecule has 26 heavy (non-hydrogen) atoms. The Kier molecular flexibility index (Phi) is 3.47. The number of anilines is 1. The van der Waals surface area contributed by atoms with Crippen molar-refractivity contribution in [1.82, 2.24) is 4.98 Å². The molecule has 0 amide bonds. The van der Waals surface area contributed by atoms with Crippen molar-refractivity contribution in [2.24, 2.45) is 5.92 Å². The van der Waals surface area contributed by atoms with E-state index in [0.29, 0.717) is 5.92 Å². The number of aliphatic hydroxyl groups excluding tert-OH is 1. The summed E-state index contributed by atoms with van der Waals surface area (Å²) >= 11 is 0. The number of fused-ring (bicyclic) bond motifs is 7. The van der Waals surface area contributed by atoms with Crippen molar-refractivity contribution in [3.63, 3.8) is 0 Å². The first-order valence-corrected chi connectivity index (χ1v) is 9.49. The fourth-order valence-electron chi connectivity index (χ4n) is 4.79. The lowest BCUT2D eigenvalue weighted by Gasteiger charge is -2.38. The predicted octanol–water partition coefficient (Wildman–Crippen LogP) is 4.62. The standard InChI is InChI=1S/C23H24N2O/c1-14-11-12-16-19(13-14)24-23-18-8-4-6-10-21(18)25(15(2)26)20-9-5-3-7-17(20)22(16)23/h3-12,14-15,17,20,24,26H,13H2,1-2H3/t14?,15-,17?,20?/m1/s1. The lowest BCUT2D eigenvalue weighted by atomic mass is 9.83. The summed E-state index contributed by atoms with van der Waals surface area (Å²) in [5, 5.41) is 10.6. The van der Waals surface area contributed by atoms with Crippen LogP contribution in [0.25, 0.3) is 17.3 Å². The van der Waals surface area contributed by atoms with Crippen molar-refractivity contribution in [3.05, 3.63) is 71.5 Å². The van der Waals surface area contributed by atoms with Crippen LogP contribution in [0, 0.1) is 5.92 Å². The molecule has 1 aromatic carbocycles. The maximum absolute atomic E-state index is 10.6. The SMILES string of the molecule is CC1C=Cc2c([nH]c3c2C2C=CC=CC2N([C@@H](C)O)c2ccccc2-3)C1. The van der Waals surface area contributed by atoms with Crippen LogP contribution in [0.5, 0.6) is 0 Å². The van der Waals surface area contributed by atoms with Gasteiger partial charge in [-0.3, -0.25) is 0 Å². The van der Waals surface area contributed by atoms with E-state index in [0.717, 1.165) is 12.1 Å². The molecule has 0 radical (unpaired) electrons. The van der Waals surface area contributed by atoms with Gasteiger partial charge in [0.25, 0.3) is 0 Å². The van der Waals surface area contributed by atoms with Crippen LogP contribution in [-0.4, -0.2) is 22.4 Å². The van der Waals surface area contributed by atoms with Gasteiger partial charge in [-0.15, -0.1) is 0 Å². The Morgan fingerprint density at radius 2 is 1.96 bits per heavy atom. The number of H-pyrrole nitrogens is 1. The fourth-order valence-corrected chi connectivity index (χ4v) is 4.79. The van der Waals surface area contributed by atoms with E-state index in [1.807, 2.05) is 6.92 Å².